The number of hydrogen-bond donors (Lipinski definition) is 0. The van der Waals surface area contributed by atoms with Gasteiger partial charge in [0.2, 0.25) is 9.84 Å². The first kappa shape index (κ1) is 20.2. The van der Waals surface area contributed by atoms with Crippen LogP contribution < -0.4 is 0 Å². The molecule has 0 atom stereocenters. The average Bonchev–Trinajstić information content (AvgIpc) is 2.69. The van der Waals surface area contributed by atoms with Crippen LogP contribution in [0.2, 0.25) is 5.02 Å². The summed E-state index contributed by atoms with van der Waals surface area (Å²) >= 11 is 6.31. The second-order valence-corrected chi connectivity index (χ2v) is 8.22. The van der Waals surface area contributed by atoms with Crippen molar-refractivity contribution in [3.05, 3.63) is 70.4 Å². The molecule has 9 heteroatoms. The number of fused-ring (bicyclic) bond motifs is 1. The molecule has 0 saturated carbocycles. The summed E-state index contributed by atoms with van der Waals surface area (Å²) < 4.78 is 53.1. The van der Waals surface area contributed by atoms with Crippen LogP contribution in [0.15, 0.2) is 53.4 Å². The molecule has 0 aliphatic heterocycles. The SMILES string of the molecule is Cc1c(Cl)c(COC(=O)c2ccc(S(=O)(=O)C(F)F)cc2)nc2ccccc12. The first-order valence-electron chi connectivity index (χ1n) is 8.04. The molecule has 0 unspecified atom stereocenters. The number of rotatable bonds is 5. The van der Waals surface area contributed by atoms with Crippen LogP contribution >= 0.6 is 11.6 Å². The largest absolute Gasteiger partial charge is 0.456 e. The van der Waals surface area contributed by atoms with E-state index < -0.39 is 26.5 Å². The third-order valence-electron chi connectivity index (χ3n) is 4.14. The van der Waals surface area contributed by atoms with Gasteiger partial charge in [-0.1, -0.05) is 29.8 Å². The van der Waals surface area contributed by atoms with E-state index >= 15 is 0 Å². The minimum absolute atomic E-state index is 0.0156. The standard InChI is InChI=1S/C19H14ClF2NO4S/c1-11-14-4-2-3-5-15(14)23-16(17(11)20)10-27-18(24)12-6-8-13(9-7-12)28(25,26)19(21)22/h2-9,19H,10H2,1H3. The van der Waals surface area contributed by atoms with Crippen molar-refractivity contribution in [1.82, 2.24) is 4.98 Å². The van der Waals surface area contributed by atoms with Crippen LogP contribution in [-0.4, -0.2) is 25.1 Å². The Labute approximate surface area is 164 Å². The normalized spacial score (nSPS) is 11.8. The lowest BCUT2D eigenvalue weighted by Gasteiger charge is -2.11. The van der Waals surface area contributed by atoms with E-state index in [4.69, 9.17) is 16.3 Å². The van der Waals surface area contributed by atoms with Crippen LogP contribution in [0.5, 0.6) is 0 Å². The lowest BCUT2D eigenvalue weighted by Crippen LogP contribution is -2.12. The van der Waals surface area contributed by atoms with E-state index in [2.05, 4.69) is 4.98 Å². The highest BCUT2D eigenvalue weighted by molar-refractivity contribution is 7.91. The van der Waals surface area contributed by atoms with Crippen molar-refractivity contribution >= 4 is 38.3 Å². The molecule has 3 aromatic rings. The Kier molecular flexibility index (Phi) is 5.62. The molecule has 0 saturated heterocycles. The van der Waals surface area contributed by atoms with Crippen molar-refractivity contribution < 1.29 is 26.7 Å². The van der Waals surface area contributed by atoms with E-state index in [1.807, 2.05) is 31.2 Å². The maximum absolute atomic E-state index is 12.5. The highest BCUT2D eigenvalue weighted by Crippen LogP contribution is 2.27. The lowest BCUT2D eigenvalue weighted by atomic mass is 10.1. The van der Waals surface area contributed by atoms with Crippen LogP contribution in [0.4, 0.5) is 8.78 Å². The lowest BCUT2D eigenvalue weighted by molar-refractivity contribution is 0.0468. The average molecular weight is 426 g/mol. The van der Waals surface area contributed by atoms with Crippen LogP contribution in [-0.2, 0) is 21.2 Å². The Morgan fingerprint density at radius 1 is 1.14 bits per heavy atom. The topological polar surface area (TPSA) is 73.3 Å². The number of esters is 1. The van der Waals surface area contributed by atoms with Gasteiger partial charge in [0, 0.05) is 5.39 Å². The van der Waals surface area contributed by atoms with Gasteiger partial charge in [-0.15, -0.1) is 0 Å². The number of carbonyl (C=O) groups excluding carboxylic acids is 1. The molecule has 28 heavy (non-hydrogen) atoms. The first-order valence-corrected chi connectivity index (χ1v) is 9.97. The summed E-state index contributed by atoms with van der Waals surface area (Å²) in [4.78, 5) is 16.0. The molecule has 146 valence electrons. The number of nitrogens with zero attached hydrogens (tertiary/aromatic N) is 1. The molecule has 0 amide bonds. The van der Waals surface area contributed by atoms with Gasteiger partial charge in [0.25, 0.3) is 0 Å². The first-order chi connectivity index (χ1) is 13.2. The third-order valence-corrected chi connectivity index (χ3v) is 6.04. The van der Waals surface area contributed by atoms with Gasteiger partial charge in [-0.25, -0.2) is 18.2 Å². The maximum Gasteiger partial charge on any atom is 0.341 e. The third kappa shape index (κ3) is 3.83. The minimum atomic E-state index is -4.72. The van der Waals surface area contributed by atoms with E-state index in [0.717, 1.165) is 35.2 Å². The van der Waals surface area contributed by atoms with Gasteiger partial charge in [-0.05, 0) is 42.8 Å². The quantitative estimate of drug-likeness (QED) is 0.561. The number of hydrogen-bond acceptors (Lipinski definition) is 5. The van der Waals surface area contributed by atoms with Crippen LogP contribution in [0.1, 0.15) is 21.6 Å². The molecule has 0 fully saturated rings. The zero-order valence-corrected chi connectivity index (χ0v) is 16.1. The van der Waals surface area contributed by atoms with Gasteiger partial charge in [-0.3, -0.25) is 0 Å². The number of pyridine rings is 1. The number of sulfone groups is 1. The summed E-state index contributed by atoms with van der Waals surface area (Å²) in [5.74, 6) is -4.29. The number of aryl methyl sites for hydroxylation is 1. The smallest absolute Gasteiger partial charge is 0.341 e. The van der Waals surface area contributed by atoms with Crippen LogP contribution in [0.3, 0.4) is 0 Å². The molecule has 5 nitrogen and oxygen atoms in total. The number of halogens is 3. The van der Waals surface area contributed by atoms with E-state index in [1.165, 1.54) is 0 Å². The van der Waals surface area contributed by atoms with Gasteiger partial charge in [0.1, 0.15) is 6.61 Å². The second-order valence-electron chi connectivity index (χ2n) is 5.92. The molecule has 0 spiro atoms. The number of ether oxygens (including phenoxy) is 1. The molecular formula is C19H14ClF2NO4S. The highest BCUT2D eigenvalue weighted by Gasteiger charge is 2.26. The molecule has 0 aliphatic carbocycles. The summed E-state index contributed by atoms with van der Waals surface area (Å²) in [6.07, 6.45) is 0. The Morgan fingerprint density at radius 2 is 1.79 bits per heavy atom. The fourth-order valence-corrected chi connectivity index (χ4v) is 3.53. The monoisotopic (exact) mass is 425 g/mol. The molecule has 0 radical (unpaired) electrons. The summed E-state index contributed by atoms with van der Waals surface area (Å²) in [7, 11) is -4.72. The number of aromatic nitrogens is 1. The zero-order valence-electron chi connectivity index (χ0n) is 14.5. The maximum atomic E-state index is 12.5. The number of para-hydroxylation sites is 1. The Hall–Kier alpha value is -2.58. The van der Waals surface area contributed by atoms with Gasteiger partial charge < -0.3 is 4.74 Å². The molecule has 1 aromatic heterocycles. The number of alkyl halides is 2. The molecular weight excluding hydrogens is 412 g/mol. The van der Waals surface area contributed by atoms with Crippen molar-refractivity contribution in [3.63, 3.8) is 0 Å². The molecule has 3 rings (SSSR count). The molecule has 2 aromatic carbocycles. The molecule has 0 bridgehead atoms. The summed E-state index contributed by atoms with van der Waals surface area (Å²) in [6.45, 7) is 1.64. The van der Waals surface area contributed by atoms with Gasteiger partial charge in [0.15, 0.2) is 0 Å². The van der Waals surface area contributed by atoms with Crippen molar-refractivity contribution in [2.75, 3.05) is 0 Å². The van der Waals surface area contributed by atoms with Crippen LogP contribution in [0.25, 0.3) is 10.9 Å². The Morgan fingerprint density at radius 3 is 2.43 bits per heavy atom. The summed E-state index contributed by atoms with van der Waals surface area (Å²) in [5, 5.41) is 1.27. The van der Waals surface area contributed by atoms with Gasteiger partial charge in [0.05, 0.1) is 26.7 Å². The van der Waals surface area contributed by atoms with Gasteiger partial charge >= 0.3 is 11.7 Å². The van der Waals surface area contributed by atoms with E-state index in [-0.39, 0.29) is 12.2 Å². The van der Waals surface area contributed by atoms with Crippen molar-refractivity contribution in [2.45, 2.75) is 24.2 Å². The fourth-order valence-electron chi connectivity index (χ4n) is 2.61. The summed E-state index contributed by atoms with van der Waals surface area (Å²) in [6, 6.07) is 11.5. The summed E-state index contributed by atoms with van der Waals surface area (Å²) in [5.41, 5.74) is 1.90. The van der Waals surface area contributed by atoms with Crippen molar-refractivity contribution in [3.8, 4) is 0 Å². The van der Waals surface area contributed by atoms with Crippen molar-refractivity contribution in [2.24, 2.45) is 0 Å². The predicted octanol–water partition coefficient (Wildman–Crippen LogP) is 4.55. The Balaban J connectivity index is 1.78. The minimum Gasteiger partial charge on any atom is -0.456 e. The van der Waals surface area contributed by atoms with Gasteiger partial charge in [-0.2, -0.15) is 8.78 Å². The van der Waals surface area contributed by atoms with Crippen LogP contribution in [0, 0.1) is 6.92 Å². The number of benzene rings is 2. The van der Waals surface area contributed by atoms with E-state index in [9.17, 15) is 22.0 Å². The predicted molar refractivity (Wildman–Crippen MR) is 100 cm³/mol. The molecule has 0 N–H and O–H groups in total. The Bertz CT molecular complexity index is 1150. The molecule has 0 aliphatic rings. The molecule has 1 heterocycles. The van der Waals surface area contributed by atoms with Crippen molar-refractivity contribution in [1.29, 1.82) is 0 Å². The zero-order chi connectivity index (χ0) is 20.5. The highest BCUT2D eigenvalue weighted by atomic mass is 35.5. The fraction of sp³-hybridized carbons (Fsp3) is 0.158. The number of carbonyl (C=O) groups is 1. The van der Waals surface area contributed by atoms with E-state index in [0.29, 0.717) is 16.2 Å². The van der Waals surface area contributed by atoms with E-state index in [1.54, 1.807) is 0 Å². The second kappa shape index (κ2) is 7.81.